The number of anilines is 6. The Balaban J connectivity index is 1.33. The quantitative estimate of drug-likeness (QED) is 0.181. The first-order valence-corrected chi connectivity index (χ1v) is 14.5. The zero-order valence-corrected chi connectivity index (χ0v) is 24.7. The molecule has 0 unspecified atom stereocenters. The molecule has 6 aromatic rings. The molecule has 0 atom stereocenters. The van der Waals surface area contributed by atoms with Gasteiger partial charge in [0.15, 0.2) is 5.69 Å². The Bertz CT molecular complexity index is 1880. The fourth-order valence-electron chi connectivity index (χ4n) is 5.40. The highest BCUT2D eigenvalue weighted by Crippen LogP contribution is 2.38. The summed E-state index contributed by atoms with van der Waals surface area (Å²) in [5, 5.41) is 0. The summed E-state index contributed by atoms with van der Waals surface area (Å²) in [6.45, 7) is 13.7. The molecule has 0 spiro atoms. The first-order valence-electron chi connectivity index (χ1n) is 14.5. The van der Waals surface area contributed by atoms with Gasteiger partial charge in [-0.3, -0.25) is 0 Å². The predicted octanol–water partition coefficient (Wildman–Crippen LogP) is 11.8. The Kier molecular flexibility index (Phi) is 7.76. The molecular weight excluding hydrogens is 522 g/mol. The standard InChI is InChI=1S/C40H33N3/c1-29-11-19-35(20-12-29)42(39-9-5-7-30(2)27-39)36-21-13-32(14-22-36)33-15-23-37(24-16-33)43(40-10-6-8-31(3)28-40)38-25-17-34(41-4)18-26-38/h5-28H,1-3H3. The lowest BCUT2D eigenvalue weighted by Crippen LogP contribution is -2.10. The van der Waals surface area contributed by atoms with Crippen molar-refractivity contribution >= 4 is 39.8 Å². The second-order valence-electron chi connectivity index (χ2n) is 10.9. The summed E-state index contributed by atoms with van der Waals surface area (Å²) in [5.74, 6) is 0. The molecule has 3 heteroatoms. The van der Waals surface area contributed by atoms with Crippen LogP contribution in [-0.4, -0.2) is 0 Å². The van der Waals surface area contributed by atoms with Crippen LogP contribution in [0.2, 0.25) is 0 Å². The Morgan fingerprint density at radius 1 is 0.395 bits per heavy atom. The van der Waals surface area contributed by atoms with Gasteiger partial charge in [-0.1, -0.05) is 78.4 Å². The summed E-state index contributed by atoms with van der Waals surface area (Å²) in [7, 11) is 0. The third-order valence-electron chi connectivity index (χ3n) is 7.63. The van der Waals surface area contributed by atoms with Crippen LogP contribution in [0.25, 0.3) is 16.0 Å². The van der Waals surface area contributed by atoms with E-state index in [0.29, 0.717) is 5.69 Å². The maximum absolute atomic E-state index is 7.33. The maximum Gasteiger partial charge on any atom is 0.187 e. The van der Waals surface area contributed by atoms with Crippen LogP contribution >= 0.6 is 0 Å². The zero-order chi connectivity index (χ0) is 29.8. The third-order valence-corrected chi connectivity index (χ3v) is 7.63. The van der Waals surface area contributed by atoms with Crippen molar-refractivity contribution < 1.29 is 0 Å². The highest BCUT2D eigenvalue weighted by atomic mass is 15.1. The van der Waals surface area contributed by atoms with E-state index in [4.69, 9.17) is 6.57 Å². The first-order chi connectivity index (χ1) is 21.0. The van der Waals surface area contributed by atoms with Crippen LogP contribution in [0.4, 0.5) is 39.8 Å². The molecule has 0 heterocycles. The van der Waals surface area contributed by atoms with Crippen molar-refractivity contribution in [2.24, 2.45) is 0 Å². The van der Waals surface area contributed by atoms with Gasteiger partial charge in [-0.2, -0.15) is 0 Å². The van der Waals surface area contributed by atoms with Crippen molar-refractivity contribution in [3.8, 4) is 11.1 Å². The number of rotatable bonds is 7. The average molecular weight is 556 g/mol. The van der Waals surface area contributed by atoms with Crippen LogP contribution in [0.3, 0.4) is 0 Å². The smallest absolute Gasteiger partial charge is 0.187 e. The van der Waals surface area contributed by atoms with Gasteiger partial charge in [-0.25, -0.2) is 4.85 Å². The van der Waals surface area contributed by atoms with Crippen molar-refractivity contribution in [3.63, 3.8) is 0 Å². The predicted molar refractivity (Wildman–Crippen MR) is 182 cm³/mol. The number of hydrogen-bond acceptors (Lipinski definition) is 2. The van der Waals surface area contributed by atoms with E-state index in [-0.39, 0.29) is 0 Å². The number of benzene rings is 6. The molecule has 6 rings (SSSR count). The van der Waals surface area contributed by atoms with E-state index in [1.54, 1.807) is 0 Å². The third kappa shape index (κ3) is 6.05. The SMILES string of the molecule is [C-]#[N+]c1ccc(N(c2ccc(-c3ccc(N(c4ccc(C)cc4)c4cccc(C)c4)cc3)cc2)c2cccc(C)c2)cc1. The average Bonchev–Trinajstić information content (AvgIpc) is 3.03. The molecule has 0 aromatic heterocycles. The Hall–Kier alpha value is -5.59. The van der Waals surface area contributed by atoms with Crippen LogP contribution < -0.4 is 9.80 Å². The molecule has 0 saturated carbocycles. The van der Waals surface area contributed by atoms with Crippen molar-refractivity contribution in [1.29, 1.82) is 0 Å². The van der Waals surface area contributed by atoms with E-state index in [9.17, 15) is 0 Å². The highest BCUT2D eigenvalue weighted by molar-refractivity contribution is 5.81. The lowest BCUT2D eigenvalue weighted by molar-refractivity contribution is 1.26. The van der Waals surface area contributed by atoms with Crippen molar-refractivity contribution in [1.82, 2.24) is 0 Å². The lowest BCUT2D eigenvalue weighted by atomic mass is 10.0. The largest absolute Gasteiger partial charge is 0.311 e. The summed E-state index contributed by atoms with van der Waals surface area (Å²) in [6, 6.07) is 51.0. The van der Waals surface area contributed by atoms with Crippen LogP contribution in [0.5, 0.6) is 0 Å². The molecule has 0 radical (unpaired) electrons. The summed E-state index contributed by atoms with van der Waals surface area (Å²) < 4.78 is 0. The van der Waals surface area contributed by atoms with Gasteiger partial charge in [0, 0.05) is 34.1 Å². The number of nitrogens with zero attached hydrogens (tertiary/aromatic N) is 3. The molecule has 0 bridgehead atoms. The fourth-order valence-corrected chi connectivity index (χ4v) is 5.40. The molecular formula is C40H33N3. The van der Waals surface area contributed by atoms with Crippen molar-refractivity contribution in [3.05, 3.63) is 174 Å². The maximum atomic E-state index is 7.33. The summed E-state index contributed by atoms with van der Waals surface area (Å²) in [4.78, 5) is 8.10. The van der Waals surface area contributed by atoms with Crippen molar-refractivity contribution in [2.75, 3.05) is 9.80 Å². The molecule has 0 fully saturated rings. The zero-order valence-electron chi connectivity index (χ0n) is 24.7. The van der Waals surface area contributed by atoms with Crippen LogP contribution in [0.15, 0.2) is 146 Å². The van der Waals surface area contributed by atoms with Gasteiger partial charge in [0.25, 0.3) is 0 Å². The van der Waals surface area contributed by atoms with Crippen molar-refractivity contribution in [2.45, 2.75) is 20.8 Å². The monoisotopic (exact) mass is 555 g/mol. The van der Waals surface area contributed by atoms with E-state index < -0.39 is 0 Å². The molecule has 3 nitrogen and oxygen atoms in total. The van der Waals surface area contributed by atoms with Gasteiger partial charge in [0.1, 0.15) is 0 Å². The summed E-state index contributed by atoms with van der Waals surface area (Å²) >= 11 is 0. The molecule has 0 aliphatic heterocycles. The molecule has 0 aliphatic rings. The Labute approximate surface area is 254 Å². The summed E-state index contributed by atoms with van der Waals surface area (Å²) in [5.41, 5.74) is 13.2. The molecule has 208 valence electrons. The molecule has 6 aromatic carbocycles. The molecule has 43 heavy (non-hydrogen) atoms. The van der Waals surface area contributed by atoms with E-state index in [1.807, 2.05) is 24.3 Å². The molecule has 0 aliphatic carbocycles. The van der Waals surface area contributed by atoms with Crippen LogP contribution in [0.1, 0.15) is 16.7 Å². The number of aryl methyl sites for hydroxylation is 3. The van der Waals surface area contributed by atoms with Gasteiger partial charge in [0.2, 0.25) is 0 Å². The Morgan fingerprint density at radius 2 is 0.767 bits per heavy atom. The minimum absolute atomic E-state index is 0.634. The highest BCUT2D eigenvalue weighted by Gasteiger charge is 2.15. The molecule has 0 saturated heterocycles. The Morgan fingerprint density at radius 3 is 1.14 bits per heavy atom. The molecule has 0 amide bonds. The second kappa shape index (κ2) is 12.1. The van der Waals surface area contributed by atoms with E-state index in [0.717, 1.165) is 45.3 Å². The lowest BCUT2D eigenvalue weighted by Gasteiger charge is -2.26. The van der Waals surface area contributed by atoms with Crippen LogP contribution in [0, 0.1) is 27.3 Å². The van der Waals surface area contributed by atoms with E-state index in [2.05, 4.69) is 157 Å². The van der Waals surface area contributed by atoms with Gasteiger partial charge < -0.3 is 9.80 Å². The fraction of sp³-hybridized carbons (Fsp3) is 0.0750. The normalized spacial score (nSPS) is 10.7. The minimum atomic E-state index is 0.634. The minimum Gasteiger partial charge on any atom is -0.311 e. The van der Waals surface area contributed by atoms with E-state index in [1.165, 1.54) is 16.7 Å². The van der Waals surface area contributed by atoms with E-state index >= 15 is 0 Å². The van der Waals surface area contributed by atoms with Gasteiger partial charge in [-0.05, 0) is 116 Å². The topological polar surface area (TPSA) is 10.8 Å². The summed E-state index contributed by atoms with van der Waals surface area (Å²) in [6.07, 6.45) is 0. The first kappa shape index (κ1) is 27.6. The number of hydrogen-bond donors (Lipinski definition) is 0. The second-order valence-corrected chi connectivity index (χ2v) is 10.9. The van der Waals surface area contributed by atoms with Crippen LogP contribution in [-0.2, 0) is 0 Å². The molecule has 0 N–H and O–H groups in total. The van der Waals surface area contributed by atoms with Gasteiger partial charge >= 0.3 is 0 Å². The van der Waals surface area contributed by atoms with Gasteiger partial charge in [-0.15, -0.1) is 0 Å². The van der Waals surface area contributed by atoms with Gasteiger partial charge in [0.05, 0.1) is 6.57 Å².